The molecule has 0 fully saturated rings. The smallest absolute Gasteiger partial charge is 0.191 e. The van der Waals surface area contributed by atoms with Crippen LogP contribution in [0.25, 0.3) is 0 Å². The van der Waals surface area contributed by atoms with Crippen molar-refractivity contribution in [2.45, 2.75) is 20.8 Å². The van der Waals surface area contributed by atoms with E-state index in [0.29, 0.717) is 5.11 Å². The number of hydrogen-bond acceptors (Lipinski definition) is 3. The third-order valence-electron chi connectivity index (χ3n) is 3.55. The van der Waals surface area contributed by atoms with Crippen LogP contribution in [0, 0.1) is 13.8 Å². The van der Waals surface area contributed by atoms with E-state index in [-0.39, 0.29) is 0 Å². The Bertz CT molecular complexity index is 703. The average Bonchev–Trinajstić information content (AvgIpc) is 2.56. The Morgan fingerprint density at radius 2 is 1.65 bits per heavy atom. The van der Waals surface area contributed by atoms with E-state index in [1.807, 2.05) is 63.2 Å². The Morgan fingerprint density at radius 3 is 2.22 bits per heavy atom. The van der Waals surface area contributed by atoms with Crippen LogP contribution in [0.15, 0.2) is 47.6 Å². The minimum atomic E-state index is 0.468. The zero-order valence-corrected chi connectivity index (χ0v) is 14.6. The second-order valence-electron chi connectivity index (χ2n) is 5.26. The molecule has 0 aliphatic carbocycles. The second-order valence-corrected chi connectivity index (χ2v) is 5.67. The largest absolute Gasteiger partial charge is 0.497 e. The number of hydrogen-bond donors (Lipinski definition) is 2. The molecule has 0 saturated carbocycles. The molecule has 23 heavy (non-hydrogen) atoms. The highest BCUT2D eigenvalue weighted by Crippen LogP contribution is 2.19. The number of nitrogens with one attached hydrogen (secondary N) is 2. The molecule has 0 atom stereocenters. The van der Waals surface area contributed by atoms with Crippen LogP contribution in [0.3, 0.4) is 0 Å². The van der Waals surface area contributed by atoms with Gasteiger partial charge in [0.05, 0.1) is 12.8 Å². The van der Waals surface area contributed by atoms with E-state index in [1.165, 1.54) is 0 Å². The van der Waals surface area contributed by atoms with Crippen LogP contribution in [0.2, 0.25) is 0 Å². The van der Waals surface area contributed by atoms with E-state index in [2.05, 4.69) is 15.8 Å². The van der Waals surface area contributed by atoms with Crippen LogP contribution in [0.1, 0.15) is 23.6 Å². The van der Waals surface area contributed by atoms with Crippen molar-refractivity contribution in [3.63, 3.8) is 0 Å². The molecular weight excluding hydrogens is 306 g/mol. The van der Waals surface area contributed by atoms with Crippen LogP contribution < -0.4 is 15.5 Å². The summed E-state index contributed by atoms with van der Waals surface area (Å²) in [5.41, 5.74) is 8.05. The van der Waals surface area contributed by atoms with Gasteiger partial charge in [0, 0.05) is 5.69 Å². The number of hydrazone groups is 1. The number of para-hydroxylation sites is 1. The molecule has 0 aromatic heterocycles. The summed E-state index contributed by atoms with van der Waals surface area (Å²) in [5, 5.41) is 7.99. The normalized spacial score (nSPS) is 11.0. The first-order chi connectivity index (χ1) is 11.0. The fourth-order valence-electron chi connectivity index (χ4n) is 2.18. The number of benzene rings is 2. The Labute approximate surface area is 142 Å². The van der Waals surface area contributed by atoms with Gasteiger partial charge in [0.15, 0.2) is 5.11 Å². The molecule has 0 unspecified atom stereocenters. The lowest BCUT2D eigenvalue weighted by Crippen LogP contribution is -2.25. The van der Waals surface area contributed by atoms with Crippen molar-refractivity contribution in [3.05, 3.63) is 59.2 Å². The molecule has 4 nitrogen and oxygen atoms in total. The van der Waals surface area contributed by atoms with Crippen molar-refractivity contribution in [3.8, 4) is 5.75 Å². The van der Waals surface area contributed by atoms with Crippen molar-refractivity contribution in [1.82, 2.24) is 5.43 Å². The minimum Gasteiger partial charge on any atom is -0.497 e. The summed E-state index contributed by atoms with van der Waals surface area (Å²) in [6.07, 6.45) is 0. The molecule has 2 aromatic carbocycles. The van der Waals surface area contributed by atoms with Gasteiger partial charge in [-0.3, -0.25) is 5.43 Å². The predicted molar refractivity (Wildman–Crippen MR) is 100 cm³/mol. The summed E-state index contributed by atoms with van der Waals surface area (Å²) in [6, 6.07) is 13.8. The average molecular weight is 327 g/mol. The predicted octanol–water partition coefficient (Wildman–Crippen LogP) is 4.02. The van der Waals surface area contributed by atoms with Crippen LogP contribution in [-0.2, 0) is 0 Å². The van der Waals surface area contributed by atoms with Gasteiger partial charge in [0.25, 0.3) is 0 Å². The van der Waals surface area contributed by atoms with E-state index in [0.717, 1.165) is 33.8 Å². The molecule has 0 aliphatic heterocycles. The van der Waals surface area contributed by atoms with E-state index < -0.39 is 0 Å². The zero-order chi connectivity index (χ0) is 16.8. The Balaban J connectivity index is 2.02. The van der Waals surface area contributed by atoms with Gasteiger partial charge in [-0.05, 0) is 73.9 Å². The number of rotatable bonds is 4. The topological polar surface area (TPSA) is 45.6 Å². The van der Waals surface area contributed by atoms with Gasteiger partial charge < -0.3 is 10.1 Å². The molecule has 2 aromatic rings. The lowest BCUT2D eigenvalue weighted by Gasteiger charge is -2.13. The van der Waals surface area contributed by atoms with Crippen molar-refractivity contribution in [2.75, 3.05) is 12.4 Å². The Hall–Kier alpha value is -2.40. The van der Waals surface area contributed by atoms with Gasteiger partial charge in [0.2, 0.25) is 0 Å². The highest BCUT2D eigenvalue weighted by Gasteiger charge is 2.04. The first kappa shape index (κ1) is 17.0. The van der Waals surface area contributed by atoms with E-state index in [9.17, 15) is 0 Å². The van der Waals surface area contributed by atoms with E-state index in [1.54, 1.807) is 7.11 Å². The quantitative estimate of drug-likeness (QED) is 0.506. The molecule has 0 spiro atoms. The number of aryl methyl sites for hydroxylation is 2. The van der Waals surface area contributed by atoms with Gasteiger partial charge in [-0.25, -0.2) is 0 Å². The Morgan fingerprint density at radius 1 is 1.04 bits per heavy atom. The van der Waals surface area contributed by atoms with E-state index >= 15 is 0 Å². The first-order valence-electron chi connectivity index (χ1n) is 7.33. The molecule has 0 bridgehead atoms. The maximum absolute atomic E-state index is 5.31. The molecule has 0 heterocycles. The van der Waals surface area contributed by atoms with Crippen LogP contribution >= 0.6 is 12.2 Å². The molecule has 0 amide bonds. The number of anilines is 1. The van der Waals surface area contributed by atoms with Crippen LogP contribution in [0.5, 0.6) is 5.75 Å². The SMILES string of the molecule is COc1ccc(/C(C)=N/NC(=S)Nc2c(C)cccc2C)cc1. The van der Waals surface area contributed by atoms with Gasteiger partial charge in [-0.1, -0.05) is 18.2 Å². The van der Waals surface area contributed by atoms with Gasteiger partial charge >= 0.3 is 0 Å². The second kappa shape index (κ2) is 7.74. The van der Waals surface area contributed by atoms with Crippen LogP contribution in [-0.4, -0.2) is 17.9 Å². The summed E-state index contributed by atoms with van der Waals surface area (Å²) >= 11 is 5.31. The number of nitrogens with zero attached hydrogens (tertiary/aromatic N) is 1. The third-order valence-corrected chi connectivity index (χ3v) is 3.75. The maximum Gasteiger partial charge on any atom is 0.191 e. The summed E-state index contributed by atoms with van der Waals surface area (Å²) in [4.78, 5) is 0. The summed E-state index contributed by atoms with van der Waals surface area (Å²) in [5.74, 6) is 0.821. The molecule has 120 valence electrons. The zero-order valence-electron chi connectivity index (χ0n) is 13.8. The summed E-state index contributed by atoms with van der Waals surface area (Å²) in [7, 11) is 1.65. The fraction of sp³-hybridized carbons (Fsp3) is 0.222. The number of ether oxygens (including phenoxy) is 1. The summed E-state index contributed by atoms with van der Waals surface area (Å²) in [6.45, 7) is 6.02. The Kier molecular flexibility index (Phi) is 5.71. The molecule has 5 heteroatoms. The monoisotopic (exact) mass is 327 g/mol. The lowest BCUT2D eigenvalue weighted by atomic mass is 10.1. The summed E-state index contributed by atoms with van der Waals surface area (Å²) < 4.78 is 5.15. The minimum absolute atomic E-state index is 0.468. The standard InChI is InChI=1S/C18H21N3OS/c1-12-6-5-7-13(2)17(12)19-18(23)21-20-14(3)15-8-10-16(22-4)11-9-15/h5-11H,1-4H3,(H2,19,21,23)/b20-14+. The van der Waals surface area contributed by atoms with Gasteiger partial charge in [-0.15, -0.1) is 0 Å². The number of thiocarbonyl (C=S) groups is 1. The van der Waals surface area contributed by atoms with Crippen molar-refractivity contribution >= 4 is 28.7 Å². The third kappa shape index (κ3) is 4.53. The molecule has 0 aliphatic rings. The van der Waals surface area contributed by atoms with Crippen molar-refractivity contribution in [1.29, 1.82) is 0 Å². The van der Waals surface area contributed by atoms with Crippen LogP contribution in [0.4, 0.5) is 5.69 Å². The van der Waals surface area contributed by atoms with Crippen molar-refractivity contribution < 1.29 is 4.74 Å². The van der Waals surface area contributed by atoms with Gasteiger partial charge in [0.1, 0.15) is 5.75 Å². The maximum atomic E-state index is 5.31. The molecule has 2 rings (SSSR count). The molecule has 0 saturated heterocycles. The molecular formula is C18H21N3OS. The highest BCUT2D eigenvalue weighted by atomic mass is 32.1. The highest BCUT2D eigenvalue weighted by molar-refractivity contribution is 7.80. The molecule has 0 radical (unpaired) electrons. The van der Waals surface area contributed by atoms with Gasteiger partial charge in [-0.2, -0.15) is 5.10 Å². The van der Waals surface area contributed by atoms with E-state index in [4.69, 9.17) is 17.0 Å². The first-order valence-corrected chi connectivity index (χ1v) is 7.74. The number of methoxy groups -OCH3 is 1. The van der Waals surface area contributed by atoms with Crippen molar-refractivity contribution in [2.24, 2.45) is 5.10 Å². The molecule has 2 N–H and O–H groups in total. The lowest BCUT2D eigenvalue weighted by molar-refractivity contribution is 0.415. The fourth-order valence-corrected chi connectivity index (χ4v) is 2.33.